The van der Waals surface area contributed by atoms with Crippen molar-refractivity contribution in [1.29, 1.82) is 0 Å². The number of nitrogens with zero attached hydrogens (tertiary/aromatic N) is 2. The minimum absolute atomic E-state index is 0.150. The summed E-state index contributed by atoms with van der Waals surface area (Å²) in [7, 11) is -2.22. The van der Waals surface area contributed by atoms with E-state index in [-0.39, 0.29) is 23.9 Å². The lowest BCUT2D eigenvalue weighted by Gasteiger charge is -2.30. The number of hydrogen-bond donors (Lipinski definition) is 2. The first kappa shape index (κ1) is 29.6. The molecule has 0 aliphatic carbocycles. The number of rotatable bonds is 10. The lowest BCUT2D eigenvalue weighted by atomic mass is 10.3. The number of carbonyl (C=O) groups excluding carboxylic acids is 1. The molecule has 0 saturated carbocycles. The van der Waals surface area contributed by atoms with Gasteiger partial charge in [-0.15, -0.1) is 0 Å². The summed E-state index contributed by atoms with van der Waals surface area (Å²) in [5.41, 5.74) is 0. The highest BCUT2D eigenvalue weighted by Gasteiger charge is 2.38. The molecular weight excluding hydrogens is 483 g/mol. The number of carboxylic acid groups (broad SMARTS) is 1. The number of amides is 1. The normalized spacial score (nSPS) is 14.4. The molecule has 2 rings (SSSR count). The summed E-state index contributed by atoms with van der Waals surface area (Å²) in [5.74, 6) is -2.32. The van der Waals surface area contributed by atoms with Crippen molar-refractivity contribution < 1.29 is 45.8 Å². The Balaban J connectivity index is 0.000000718. The summed E-state index contributed by atoms with van der Waals surface area (Å²) in [6.45, 7) is 5.49. The molecule has 2 N–H and O–H groups in total. The lowest BCUT2D eigenvalue weighted by molar-refractivity contribution is -0.192. The quantitative estimate of drug-likeness (QED) is 0.447. The summed E-state index contributed by atoms with van der Waals surface area (Å²) in [5, 5.41) is 10.3. The first-order valence-corrected chi connectivity index (χ1v) is 11.9. The molecule has 0 aromatic heterocycles. The number of halogens is 3. The molecule has 0 spiro atoms. The van der Waals surface area contributed by atoms with Gasteiger partial charge in [0.2, 0.25) is 15.9 Å². The molecule has 1 aromatic rings. The van der Waals surface area contributed by atoms with Gasteiger partial charge in [0.15, 0.2) is 0 Å². The fraction of sp³-hybridized carbons (Fsp3) is 0.600. The molecular formula is C20H30F3N3O7S. The fourth-order valence-corrected chi connectivity index (χ4v) is 4.29. The summed E-state index contributed by atoms with van der Waals surface area (Å²) in [6.07, 6.45) is -4.57. The van der Waals surface area contributed by atoms with Gasteiger partial charge in [-0.1, -0.05) is 0 Å². The Labute approximate surface area is 196 Å². The molecule has 1 aliphatic heterocycles. The zero-order valence-corrected chi connectivity index (χ0v) is 19.8. The van der Waals surface area contributed by atoms with Crippen molar-refractivity contribution in [1.82, 2.24) is 14.5 Å². The topological polar surface area (TPSA) is 125 Å². The van der Waals surface area contributed by atoms with Crippen LogP contribution in [0.3, 0.4) is 0 Å². The third kappa shape index (κ3) is 9.83. The highest BCUT2D eigenvalue weighted by Crippen LogP contribution is 2.20. The molecule has 1 aliphatic rings. The number of piperazine rings is 1. The van der Waals surface area contributed by atoms with Crippen LogP contribution in [0.4, 0.5) is 13.2 Å². The minimum atomic E-state index is -5.08. The largest absolute Gasteiger partial charge is 0.494 e. The molecule has 34 heavy (non-hydrogen) atoms. The molecule has 0 unspecified atom stereocenters. The van der Waals surface area contributed by atoms with Crippen LogP contribution in [-0.4, -0.2) is 100 Å². The number of methoxy groups -OCH3 is 1. The first-order chi connectivity index (χ1) is 15.9. The van der Waals surface area contributed by atoms with E-state index in [1.165, 1.54) is 16.4 Å². The lowest BCUT2D eigenvalue weighted by Crippen LogP contribution is -2.50. The van der Waals surface area contributed by atoms with E-state index < -0.39 is 22.2 Å². The van der Waals surface area contributed by atoms with Gasteiger partial charge in [0.25, 0.3) is 0 Å². The maximum atomic E-state index is 13.1. The molecule has 1 aromatic carbocycles. The SMILES string of the molecule is CCOc1ccc(S(=O)(=O)N(CCCOC)CC(=O)N2CCNCC2)cc1.O=C(O)C(F)(F)F. The molecule has 0 bridgehead atoms. The second-order valence-electron chi connectivity index (χ2n) is 7.02. The zero-order valence-electron chi connectivity index (χ0n) is 19.0. The van der Waals surface area contributed by atoms with E-state index in [2.05, 4.69) is 5.32 Å². The second kappa shape index (κ2) is 14.1. The predicted molar refractivity (Wildman–Crippen MR) is 116 cm³/mol. The Bertz CT molecular complexity index is 874. The highest BCUT2D eigenvalue weighted by molar-refractivity contribution is 7.89. The van der Waals surface area contributed by atoms with E-state index in [1.807, 2.05) is 6.92 Å². The molecule has 1 fully saturated rings. The molecule has 1 saturated heterocycles. The van der Waals surface area contributed by atoms with E-state index in [9.17, 15) is 26.4 Å². The second-order valence-corrected chi connectivity index (χ2v) is 8.96. The number of nitrogens with one attached hydrogen (secondary N) is 1. The third-order valence-electron chi connectivity index (χ3n) is 4.55. The van der Waals surface area contributed by atoms with Gasteiger partial charge in [0, 0.05) is 46.4 Å². The number of alkyl halides is 3. The van der Waals surface area contributed by atoms with E-state index in [4.69, 9.17) is 19.4 Å². The van der Waals surface area contributed by atoms with Crippen LogP contribution in [0.2, 0.25) is 0 Å². The molecule has 14 heteroatoms. The third-order valence-corrected chi connectivity index (χ3v) is 6.41. The Kier molecular flexibility index (Phi) is 12.3. The smallest absolute Gasteiger partial charge is 0.490 e. The van der Waals surface area contributed by atoms with Gasteiger partial charge < -0.3 is 24.8 Å². The summed E-state index contributed by atoms with van der Waals surface area (Å²) < 4.78 is 69.5. The van der Waals surface area contributed by atoms with Gasteiger partial charge >= 0.3 is 12.1 Å². The summed E-state index contributed by atoms with van der Waals surface area (Å²) in [4.78, 5) is 23.3. The van der Waals surface area contributed by atoms with Crippen molar-refractivity contribution in [2.75, 3.05) is 59.6 Å². The molecule has 194 valence electrons. The molecule has 1 amide bonds. The van der Waals surface area contributed by atoms with Crippen molar-refractivity contribution in [2.24, 2.45) is 0 Å². The van der Waals surface area contributed by atoms with Crippen LogP contribution in [0.25, 0.3) is 0 Å². The average molecular weight is 514 g/mol. The number of carbonyl (C=O) groups is 2. The standard InChI is InChI=1S/C18H29N3O5S.C2HF3O2/c1-3-26-16-5-7-17(8-6-16)27(23,24)21(11-4-14-25-2)15-18(22)20-12-9-19-10-13-20;3-2(4,5)1(6)7/h5-8,19H,3-4,9-15H2,1-2H3;(H,6,7). The number of carboxylic acids is 1. The number of sulfonamides is 1. The Hall–Kier alpha value is -2.42. The van der Waals surface area contributed by atoms with Crippen LogP contribution in [-0.2, 0) is 24.3 Å². The molecule has 0 atom stereocenters. The highest BCUT2D eigenvalue weighted by atomic mass is 32.2. The summed E-state index contributed by atoms with van der Waals surface area (Å²) >= 11 is 0. The van der Waals surface area contributed by atoms with Crippen molar-refractivity contribution >= 4 is 21.9 Å². The van der Waals surface area contributed by atoms with Crippen molar-refractivity contribution in [3.63, 3.8) is 0 Å². The van der Waals surface area contributed by atoms with Crippen LogP contribution in [0.15, 0.2) is 29.2 Å². The van der Waals surface area contributed by atoms with Crippen molar-refractivity contribution in [2.45, 2.75) is 24.4 Å². The maximum Gasteiger partial charge on any atom is 0.490 e. The molecule has 1 heterocycles. The predicted octanol–water partition coefficient (Wildman–Crippen LogP) is 1.18. The Morgan fingerprint density at radius 1 is 1.18 bits per heavy atom. The Morgan fingerprint density at radius 2 is 1.74 bits per heavy atom. The van der Waals surface area contributed by atoms with Gasteiger partial charge in [0.1, 0.15) is 5.75 Å². The number of ether oxygens (including phenoxy) is 2. The fourth-order valence-electron chi connectivity index (χ4n) is 2.86. The maximum absolute atomic E-state index is 13.1. The average Bonchev–Trinajstić information content (AvgIpc) is 2.79. The van der Waals surface area contributed by atoms with Crippen molar-refractivity contribution in [3.05, 3.63) is 24.3 Å². The van der Waals surface area contributed by atoms with Crippen LogP contribution in [0, 0.1) is 0 Å². The first-order valence-electron chi connectivity index (χ1n) is 10.4. The van der Waals surface area contributed by atoms with Crippen LogP contribution < -0.4 is 10.1 Å². The number of hydrogen-bond acceptors (Lipinski definition) is 7. The number of aliphatic carboxylic acids is 1. The van der Waals surface area contributed by atoms with Crippen LogP contribution in [0.5, 0.6) is 5.75 Å². The van der Waals surface area contributed by atoms with E-state index in [0.29, 0.717) is 38.5 Å². The van der Waals surface area contributed by atoms with Crippen molar-refractivity contribution in [3.8, 4) is 5.75 Å². The van der Waals surface area contributed by atoms with E-state index in [0.717, 1.165) is 13.1 Å². The number of benzene rings is 1. The molecule has 0 radical (unpaired) electrons. The van der Waals surface area contributed by atoms with Gasteiger partial charge in [-0.25, -0.2) is 13.2 Å². The van der Waals surface area contributed by atoms with Gasteiger partial charge in [-0.3, -0.25) is 4.79 Å². The Morgan fingerprint density at radius 3 is 2.21 bits per heavy atom. The minimum Gasteiger partial charge on any atom is -0.494 e. The van der Waals surface area contributed by atoms with Gasteiger partial charge in [-0.05, 0) is 37.6 Å². The van der Waals surface area contributed by atoms with Crippen LogP contribution in [0.1, 0.15) is 13.3 Å². The zero-order chi connectivity index (χ0) is 25.8. The van der Waals surface area contributed by atoms with Gasteiger partial charge in [-0.2, -0.15) is 17.5 Å². The summed E-state index contributed by atoms with van der Waals surface area (Å²) in [6, 6.07) is 6.28. The van der Waals surface area contributed by atoms with E-state index >= 15 is 0 Å². The van der Waals surface area contributed by atoms with E-state index in [1.54, 1.807) is 24.1 Å². The van der Waals surface area contributed by atoms with Gasteiger partial charge in [0.05, 0.1) is 18.0 Å². The molecule has 10 nitrogen and oxygen atoms in total. The van der Waals surface area contributed by atoms with Crippen LogP contribution >= 0.6 is 0 Å². The monoisotopic (exact) mass is 513 g/mol.